The summed E-state index contributed by atoms with van der Waals surface area (Å²) in [5, 5.41) is 0. The van der Waals surface area contributed by atoms with Gasteiger partial charge in [0.25, 0.3) is 0 Å². The average molecular weight is 455 g/mol. The second-order valence-corrected chi connectivity index (χ2v) is 8.00. The third-order valence-corrected chi connectivity index (χ3v) is 5.22. The normalized spacial score (nSPS) is 11.5. The lowest BCUT2D eigenvalue weighted by Gasteiger charge is -2.25. The maximum atomic E-state index is 12.6. The van der Waals surface area contributed by atoms with Gasteiger partial charge in [0.05, 0.1) is 6.61 Å². The highest BCUT2D eigenvalue weighted by molar-refractivity contribution is 5.78. The van der Waals surface area contributed by atoms with Crippen LogP contribution in [0.3, 0.4) is 0 Å². The van der Waals surface area contributed by atoms with Crippen LogP contribution in [-0.4, -0.2) is 35.7 Å². The van der Waals surface area contributed by atoms with E-state index in [1.54, 1.807) is 4.90 Å². The Hall–Kier alpha value is -3.02. The number of oxazole rings is 1. The molecule has 0 spiro atoms. The standard InChI is InChI=1S/C25H32N2O4.C2H6/c1-5-14-27(25(28)30-17-21-9-7-6-8-10-21)16-18(2)13-15-29-23-12-11-22-24(19(23)3)31-20(4)26-22;1-2/h6-12,18H,5,13-17H2,1-4H3;1-2H3. The number of aromatic nitrogens is 1. The van der Waals surface area contributed by atoms with E-state index < -0.39 is 0 Å². The molecule has 1 atom stereocenters. The van der Waals surface area contributed by atoms with Gasteiger partial charge in [-0.2, -0.15) is 0 Å². The number of aryl methyl sites for hydroxylation is 2. The molecule has 180 valence electrons. The van der Waals surface area contributed by atoms with Gasteiger partial charge in [0.2, 0.25) is 0 Å². The first kappa shape index (κ1) is 26.2. The van der Waals surface area contributed by atoms with Crippen molar-refractivity contribution in [2.24, 2.45) is 5.92 Å². The highest BCUT2D eigenvalue weighted by Gasteiger charge is 2.18. The molecule has 1 aromatic heterocycles. The van der Waals surface area contributed by atoms with Crippen LogP contribution in [0.4, 0.5) is 4.79 Å². The summed E-state index contributed by atoms with van der Waals surface area (Å²) in [5.74, 6) is 1.75. The molecule has 0 bridgehead atoms. The smallest absolute Gasteiger partial charge is 0.410 e. The second kappa shape index (κ2) is 13.5. The summed E-state index contributed by atoms with van der Waals surface area (Å²) in [4.78, 5) is 18.7. The maximum absolute atomic E-state index is 12.6. The van der Waals surface area contributed by atoms with Gasteiger partial charge in [-0.1, -0.05) is 58.0 Å². The fourth-order valence-corrected chi connectivity index (χ4v) is 3.55. The van der Waals surface area contributed by atoms with E-state index >= 15 is 0 Å². The third kappa shape index (κ3) is 7.81. The fourth-order valence-electron chi connectivity index (χ4n) is 3.55. The molecule has 0 aliphatic carbocycles. The van der Waals surface area contributed by atoms with E-state index in [0.717, 1.165) is 40.8 Å². The molecule has 6 heteroatoms. The highest BCUT2D eigenvalue weighted by Crippen LogP contribution is 2.28. The molecule has 1 amide bonds. The Balaban J connectivity index is 0.00000187. The Labute approximate surface area is 197 Å². The summed E-state index contributed by atoms with van der Waals surface area (Å²) in [5.41, 5.74) is 3.57. The number of rotatable bonds is 10. The van der Waals surface area contributed by atoms with Crippen molar-refractivity contribution < 1.29 is 18.7 Å². The largest absolute Gasteiger partial charge is 0.493 e. The fraction of sp³-hybridized carbons (Fsp3) is 0.481. The van der Waals surface area contributed by atoms with E-state index in [2.05, 4.69) is 18.8 Å². The molecule has 3 rings (SSSR count). The van der Waals surface area contributed by atoms with E-state index in [4.69, 9.17) is 13.9 Å². The number of carbonyl (C=O) groups is 1. The zero-order chi connectivity index (χ0) is 24.2. The number of hydrogen-bond donors (Lipinski definition) is 0. The van der Waals surface area contributed by atoms with Crippen molar-refractivity contribution in [3.8, 4) is 5.75 Å². The molecule has 1 unspecified atom stereocenters. The predicted octanol–water partition coefficient (Wildman–Crippen LogP) is 6.92. The zero-order valence-electron chi connectivity index (χ0n) is 20.9. The summed E-state index contributed by atoms with van der Waals surface area (Å²) in [6.07, 6.45) is 1.46. The highest BCUT2D eigenvalue weighted by atomic mass is 16.6. The lowest BCUT2D eigenvalue weighted by atomic mass is 10.1. The maximum Gasteiger partial charge on any atom is 0.410 e. The van der Waals surface area contributed by atoms with Gasteiger partial charge in [-0.3, -0.25) is 0 Å². The molecule has 2 aromatic carbocycles. The van der Waals surface area contributed by atoms with Crippen LogP contribution < -0.4 is 4.74 Å². The van der Waals surface area contributed by atoms with Crippen molar-refractivity contribution in [3.63, 3.8) is 0 Å². The number of nitrogens with zero attached hydrogens (tertiary/aromatic N) is 2. The number of amides is 1. The van der Waals surface area contributed by atoms with Crippen LogP contribution in [0.15, 0.2) is 46.9 Å². The summed E-state index contributed by atoms with van der Waals surface area (Å²) in [6, 6.07) is 13.6. The molecule has 33 heavy (non-hydrogen) atoms. The molecule has 1 heterocycles. The van der Waals surface area contributed by atoms with Gasteiger partial charge in [0.1, 0.15) is 17.9 Å². The van der Waals surface area contributed by atoms with Crippen molar-refractivity contribution in [2.75, 3.05) is 19.7 Å². The Bertz CT molecular complexity index is 984. The quantitative estimate of drug-likeness (QED) is 0.332. The zero-order valence-corrected chi connectivity index (χ0v) is 20.9. The predicted molar refractivity (Wildman–Crippen MR) is 133 cm³/mol. The van der Waals surface area contributed by atoms with E-state index in [0.29, 0.717) is 32.2 Å². The SMILES string of the molecule is CC.CCCN(CC(C)CCOc1ccc2nc(C)oc2c1C)C(=O)OCc1ccccc1. The lowest BCUT2D eigenvalue weighted by Crippen LogP contribution is -2.36. The Morgan fingerprint density at radius 2 is 1.85 bits per heavy atom. The van der Waals surface area contributed by atoms with Gasteiger partial charge in [0.15, 0.2) is 11.5 Å². The van der Waals surface area contributed by atoms with Gasteiger partial charge >= 0.3 is 6.09 Å². The summed E-state index contributed by atoms with van der Waals surface area (Å²) >= 11 is 0. The van der Waals surface area contributed by atoms with E-state index in [9.17, 15) is 4.79 Å². The minimum absolute atomic E-state index is 0.263. The lowest BCUT2D eigenvalue weighted by molar-refractivity contribution is 0.0894. The van der Waals surface area contributed by atoms with Crippen LogP contribution in [0.25, 0.3) is 11.1 Å². The van der Waals surface area contributed by atoms with Crippen molar-refractivity contribution in [2.45, 2.75) is 61.0 Å². The molecule has 3 aromatic rings. The number of benzene rings is 2. The van der Waals surface area contributed by atoms with Crippen LogP contribution in [0.5, 0.6) is 5.75 Å². The molecule has 0 saturated heterocycles. The van der Waals surface area contributed by atoms with Crippen LogP contribution in [0.1, 0.15) is 57.6 Å². The van der Waals surface area contributed by atoms with Gasteiger partial charge in [-0.15, -0.1) is 0 Å². The first-order valence-electron chi connectivity index (χ1n) is 11.9. The van der Waals surface area contributed by atoms with Crippen molar-refractivity contribution in [3.05, 3.63) is 59.5 Å². The van der Waals surface area contributed by atoms with Gasteiger partial charge in [-0.05, 0) is 43.4 Å². The minimum Gasteiger partial charge on any atom is -0.493 e. The number of ether oxygens (including phenoxy) is 2. The van der Waals surface area contributed by atoms with Gasteiger partial charge in [0, 0.05) is 25.6 Å². The number of carbonyl (C=O) groups excluding carboxylic acids is 1. The van der Waals surface area contributed by atoms with E-state index in [1.165, 1.54) is 0 Å². The first-order valence-corrected chi connectivity index (χ1v) is 11.9. The first-order chi connectivity index (χ1) is 16.0. The summed E-state index contributed by atoms with van der Waals surface area (Å²) in [6.45, 7) is 14.2. The number of hydrogen-bond acceptors (Lipinski definition) is 5. The van der Waals surface area contributed by atoms with Crippen LogP contribution in [0.2, 0.25) is 0 Å². The monoisotopic (exact) mass is 454 g/mol. The topological polar surface area (TPSA) is 64.8 Å². The molecule has 0 N–H and O–H groups in total. The van der Waals surface area contributed by atoms with E-state index in [1.807, 2.05) is 70.2 Å². The second-order valence-electron chi connectivity index (χ2n) is 8.00. The molecule has 0 saturated carbocycles. The molecular formula is C27H38N2O4. The molecule has 6 nitrogen and oxygen atoms in total. The summed E-state index contributed by atoms with van der Waals surface area (Å²) in [7, 11) is 0. The van der Waals surface area contributed by atoms with Crippen molar-refractivity contribution in [1.82, 2.24) is 9.88 Å². The summed E-state index contributed by atoms with van der Waals surface area (Å²) < 4.78 is 17.2. The van der Waals surface area contributed by atoms with Crippen molar-refractivity contribution in [1.29, 1.82) is 0 Å². The van der Waals surface area contributed by atoms with Crippen LogP contribution in [-0.2, 0) is 11.3 Å². The average Bonchev–Trinajstić information content (AvgIpc) is 3.22. The van der Waals surface area contributed by atoms with Crippen molar-refractivity contribution >= 4 is 17.2 Å². The minimum atomic E-state index is -0.263. The number of fused-ring (bicyclic) bond motifs is 1. The van der Waals surface area contributed by atoms with Crippen LogP contribution >= 0.6 is 0 Å². The molecule has 0 aliphatic heterocycles. The molecule has 0 aliphatic rings. The molecule has 0 radical (unpaired) electrons. The molecule has 0 fully saturated rings. The van der Waals surface area contributed by atoms with Gasteiger partial charge in [-0.25, -0.2) is 9.78 Å². The third-order valence-electron chi connectivity index (χ3n) is 5.22. The Morgan fingerprint density at radius 1 is 1.12 bits per heavy atom. The Kier molecular flexibility index (Phi) is 10.7. The Morgan fingerprint density at radius 3 is 2.55 bits per heavy atom. The molecular weight excluding hydrogens is 416 g/mol. The van der Waals surface area contributed by atoms with E-state index in [-0.39, 0.29) is 12.0 Å². The van der Waals surface area contributed by atoms with Gasteiger partial charge < -0.3 is 18.8 Å². The van der Waals surface area contributed by atoms with Crippen LogP contribution in [0, 0.1) is 19.8 Å².